The Labute approximate surface area is 120 Å². The summed E-state index contributed by atoms with van der Waals surface area (Å²) in [6.45, 7) is 5.74. The fourth-order valence-electron chi connectivity index (χ4n) is 2.90. The summed E-state index contributed by atoms with van der Waals surface area (Å²) in [5, 5.41) is 2.76. The molecule has 108 valence electrons. The molecule has 1 aliphatic heterocycles. The van der Waals surface area contributed by atoms with E-state index in [9.17, 15) is 9.59 Å². The Morgan fingerprint density at radius 3 is 2.40 bits per heavy atom. The van der Waals surface area contributed by atoms with Gasteiger partial charge in [0, 0.05) is 0 Å². The second kappa shape index (κ2) is 6.07. The van der Waals surface area contributed by atoms with Crippen molar-refractivity contribution in [2.24, 2.45) is 0 Å². The van der Waals surface area contributed by atoms with Crippen LogP contribution in [0.3, 0.4) is 0 Å². The molecule has 1 aromatic rings. The maximum absolute atomic E-state index is 12.5. The number of carbonyl (C=O) groups excluding carboxylic acids is 2. The van der Waals surface area contributed by atoms with Crippen molar-refractivity contribution >= 4 is 11.8 Å². The van der Waals surface area contributed by atoms with Gasteiger partial charge in [-0.1, -0.05) is 44.2 Å². The number of benzene rings is 1. The first kappa shape index (κ1) is 14.6. The number of rotatable bonds is 4. The Bertz CT molecular complexity index is 487. The molecule has 2 rings (SSSR count). The monoisotopic (exact) mass is 274 g/mol. The first-order valence-electron chi connectivity index (χ1n) is 7.27. The number of hydrogen-bond acceptors (Lipinski definition) is 2. The van der Waals surface area contributed by atoms with Gasteiger partial charge in [0.1, 0.15) is 12.1 Å². The Morgan fingerprint density at radius 1 is 1.20 bits per heavy atom. The van der Waals surface area contributed by atoms with Gasteiger partial charge < -0.3 is 10.2 Å². The average Bonchev–Trinajstić information content (AvgIpc) is 2.46. The highest BCUT2D eigenvalue weighted by Crippen LogP contribution is 2.29. The van der Waals surface area contributed by atoms with Crippen LogP contribution in [0.4, 0.5) is 0 Å². The fraction of sp³-hybridized carbons (Fsp3) is 0.500. The van der Waals surface area contributed by atoms with E-state index in [1.54, 1.807) is 11.8 Å². The van der Waals surface area contributed by atoms with Crippen molar-refractivity contribution in [2.45, 2.75) is 51.7 Å². The van der Waals surface area contributed by atoms with E-state index >= 15 is 0 Å². The first-order valence-corrected chi connectivity index (χ1v) is 7.27. The molecule has 3 unspecified atom stereocenters. The van der Waals surface area contributed by atoms with Crippen molar-refractivity contribution in [3.8, 4) is 0 Å². The normalized spacial score (nSPS) is 24.4. The number of hydrogen-bond donors (Lipinski definition) is 1. The lowest BCUT2D eigenvalue weighted by molar-refractivity contribution is -0.152. The summed E-state index contributed by atoms with van der Waals surface area (Å²) >= 11 is 0. The van der Waals surface area contributed by atoms with Crippen LogP contribution in [0.25, 0.3) is 0 Å². The Balaban J connectivity index is 2.38. The summed E-state index contributed by atoms with van der Waals surface area (Å²) in [7, 11) is 0. The van der Waals surface area contributed by atoms with Crippen LogP contribution >= 0.6 is 0 Å². The first-order chi connectivity index (χ1) is 9.60. The van der Waals surface area contributed by atoms with E-state index in [0.717, 1.165) is 12.0 Å². The summed E-state index contributed by atoms with van der Waals surface area (Å²) in [5.41, 5.74) is 1.09. The molecule has 0 radical (unpaired) electrons. The topological polar surface area (TPSA) is 49.4 Å². The molecule has 1 saturated heterocycles. The number of piperazine rings is 1. The standard InChI is InChI=1S/C16H22N2O2/c1-4-13(12-9-7-6-8-10-12)18-14(5-2)15(19)17-11(3)16(18)20/h6-11,13-14H,4-5H2,1-3H3,(H,17,19). The maximum Gasteiger partial charge on any atom is 0.246 e. The summed E-state index contributed by atoms with van der Waals surface area (Å²) < 4.78 is 0. The molecular formula is C16H22N2O2. The molecule has 1 aromatic carbocycles. The zero-order chi connectivity index (χ0) is 14.7. The number of amides is 2. The minimum Gasteiger partial charge on any atom is -0.343 e. The molecule has 1 fully saturated rings. The second-order valence-corrected chi connectivity index (χ2v) is 5.23. The van der Waals surface area contributed by atoms with Gasteiger partial charge in [0.15, 0.2) is 0 Å². The molecule has 0 bridgehead atoms. The highest BCUT2D eigenvalue weighted by molar-refractivity contribution is 5.96. The van der Waals surface area contributed by atoms with Crippen molar-refractivity contribution in [2.75, 3.05) is 0 Å². The molecule has 0 aromatic heterocycles. The lowest BCUT2D eigenvalue weighted by Gasteiger charge is -2.42. The number of carbonyl (C=O) groups is 2. The van der Waals surface area contributed by atoms with Gasteiger partial charge in [-0.15, -0.1) is 0 Å². The van der Waals surface area contributed by atoms with Crippen molar-refractivity contribution < 1.29 is 9.59 Å². The molecular weight excluding hydrogens is 252 g/mol. The third-order valence-electron chi connectivity index (χ3n) is 3.92. The Morgan fingerprint density at radius 2 is 1.85 bits per heavy atom. The van der Waals surface area contributed by atoms with Gasteiger partial charge in [-0.2, -0.15) is 0 Å². The summed E-state index contributed by atoms with van der Waals surface area (Å²) in [4.78, 5) is 26.4. The summed E-state index contributed by atoms with van der Waals surface area (Å²) in [6, 6.07) is 9.08. The molecule has 1 aliphatic rings. The molecule has 0 saturated carbocycles. The molecule has 0 spiro atoms. The van der Waals surface area contributed by atoms with Crippen LogP contribution in [0, 0.1) is 0 Å². The minimum atomic E-state index is -0.442. The van der Waals surface area contributed by atoms with Gasteiger partial charge in [-0.05, 0) is 25.3 Å². The van der Waals surface area contributed by atoms with Crippen LogP contribution < -0.4 is 5.32 Å². The van der Waals surface area contributed by atoms with Gasteiger partial charge in [-0.3, -0.25) is 9.59 Å². The molecule has 20 heavy (non-hydrogen) atoms. The summed E-state index contributed by atoms with van der Waals surface area (Å²) in [6.07, 6.45) is 1.43. The largest absolute Gasteiger partial charge is 0.343 e. The van der Waals surface area contributed by atoms with E-state index in [-0.39, 0.29) is 23.9 Å². The van der Waals surface area contributed by atoms with E-state index in [1.807, 2.05) is 37.3 Å². The van der Waals surface area contributed by atoms with Crippen molar-refractivity contribution in [3.05, 3.63) is 35.9 Å². The molecule has 2 amide bonds. The smallest absolute Gasteiger partial charge is 0.246 e. The van der Waals surface area contributed by atoms with Crippen molar-refractivity contribution in [1.82, 2.24) is 10.2 Å². The van der Waals surface area contributed by atoms with Gasteiger partial charge in [-0.25, -0.2) is 0 Å². The highest BCUT2D eigenvalue weighted by atomic mass is 16.2. The predicted molar refractivity (Wildman–Crippen MR) is 78.0 cm³/mol. The van der Waals surface area contributed by atoms with E-state index in [0.29, 0.717) is 6.42 Å². The fourth-order valence-corrected chi connectivity index (χ4v) is 2.90. The summed E-state index contributed by atoms with van der Waals surface area (Å²) in [5.74, 6) is -0.0406. The quantitative estimate of drug-likeness (QED) is 0.915. The minimum absolute atomic E-state index is 0.00662. The molecule has 3 atom stereocenters. The van der Waals surface area contributed by atoms with Crippen LogP contribution in [0.5, 0.6) is 0 Å². The lowest BCUT2D eigenvalue weighted by Crippen LogP contribution is -2.62. The Hall–Kier alpha value is -1.84. The second-order valence-electron chi connectivity index (χ2n) is 5.23. The SMILES string of the molecule is CCC1C(=O)NC(C)C(=O)N1C(CC)c1ccccc1. The lowest BCUT2D eigenvalue weighted by atomic mass is 9.96. The van der Waals surface area contributed by atoms with Gasteiger partial charge in [0.2, 0.25) is 11.8 Å². The van der Waals surface area contributed by atoms with Crippen LogP contribution in [0.1, 0.15) is 45.2 Å². The van der Waals surface area contributed by atoms with Crippen molar-refractivity contribution in [1.29, 1.82) is 0 Å². The van der Waals surface area contributed by atoms with E-state index in [2.05, 4.69) is 12.2 Å². The van der Waals surface area contributed by atoms with Crippen LogP contribution in [0.15, 0.2) is 30.3 Å². The third kappa shape index (κ3) is 2.55. The maximum atomic E-state index is 12.5. The van der Waals surface area contributed by atoms with Gasteiger partial charge in [0.05, 0.1) is 6.04 Å². The average molecular weight is 274 g/mol. The molecule has 1 N–H and O–H groups in total. The highest BCUT2D eigenvalue weighted by Gasteiger charge is 2.41. The molecule has 4 nitrogen and oxygen atoms in total. The van der Waals surface area contributed by atoms with E-state index in [1.165, 1.54) is 0 Å². The van der Waals surface area contributed by atoms with Gasteiger partial charge >= 0.3 is 0 Å². The van der Waals surface area contributed by atoms with Crippen molar-refractivity contribution in [3.63, 3.8) is 0 Å². The zero-order valence-corrected chi connectivity index (χ0v) is 12.3. The third-order valence-corrected chi connectivity index (χ3v) is 3.92. The molecule has 1 heterocycles. The molecule has 4 heteroatoms. The predicted octanol–water partition coefficient (Wildman–Crippen LogP) is 2.26. The zero-order valence-electron chi connectivity index (χ0n) is 12.3. The Kier molecular flexibility index (Phi) is 4.42. The van der Waals surface area contributed by atoms with Gasteiger partial charge in [0.25, 0.3) is 0 Å². The van der Waals surface area contributed by atoms with Crippen LogP contribution in [-0.2, 0) is 9.59 Å². The van der Waals surface area contributed by atoms with E-state index < -0.39 is 6.04 Å². The number of nitrogens with one attached hydrogen (secondary N) is 1. The van der Waals surface area contributed by atoms with Crippen LogP contribution in [0.2, 0.25) is 0 Å². The van der Waals surface area contributed by atoms with E-state index in [4.69, 9.17) is 0 Å². The van der Waals surface area contributed by atoms with Crippen LogP contribution in [-0.4, -0.2) is 28.8 Å². The molecule has 0 aliphatic carbocycles. The number of nitrogens with zero attached hydrogens (tertiary/aromatic N) is 1.